The van der Waals surface area contributed by atoms with Crippen molar-refractivity contribution in [2.24, 2.45) is 0 Å². The van der Waals surface area contributed by atoms with Gasteiger partial charge >= 0.3 is 0 Å². The van der Waals surface area contributed by atoms with Crippen LogP contribution >= 0.6 is 0 Å². The summed E-state index contributed by atoms with van der Waals surface area (Å²) in [4.78, 5) is 13.8. The first-order valence-corrected chi connectivity index (χ1v) is 8.54. The normalized spacial score (nSPS) is 16.0. The Morgan fingerprint density at radius 1 is 1.38 bits per heavy atom. The Morgan fingerprint density at radius 3 is 2.71 bits per heavy atom. The lowest BCUT2D eigenvalue weighted by atomic mass is 10.1. The number of hydrogen-bond acceptors (Lipinski definition) is 3. The fourth-order valence-electron chi connectivity index (χ4n) is 2.35. The third-order valence-electron chi connectivity index (χ3n) is 3.60. The van der Waals surface area contributed by atoms with Gasteiger partial charge in [0.05, 0.1) is 7.11 Å². The Balaban J connectivity index is 1.77. The molecule has 0 atom stereocenters. The van der Waals surface area contributed by atoms with Gasteiger partial charge < -0.3 is 9.64 Å². The molecule has 0 N–H and O–H groups in total. The summed E-state index contributed by atoms with van der Waals surface area (Å²) in [5.74, 6) is 1.11. The van der Waals surface area contributed by atoms with Crippen LogP contribution in [-0.2, 0) is 22.0 Å². The van der Waals surface area contributed by atoms with Crippen molar-refractivity contribution in [1.82, 2.24) is 4.90 Å². The van der Waals surface area contributed by atoms with E-state index < -0.39 is 10.8 Å². The number of benzene rings is 1. The zero-order chi connectivity index (χ0) is 15.2. The van der Waals surface area contributed by atoms with Crippen molar-refractivity contribution < 1.29 is 18.1 Å². The number of carbonyl (C=O) groups is 1. The minimum atomic E-state index is -0.766. The number of ether oxygens (including phenoxy) is 1. The molecule has 0 unspecified atom stereocenters. The summed E-state index contributed by atoms with van der Waals surface area (Å²) in [6, 6.07) is 4.87. The van der Waals surface area contributed by atoms with Crippen molar-refractivity contribution >= 4 is 16.7 Å². The van der Waals surface area contributed by atoms with E-state index in [9.17, 15) is 13.4 Å². The Labute approximate surface area is 126 Å². The number of rotatable bonds is 5. The summed E-state index contributed by atoms with van der Waals surface area (Å²) in [6.07, 6.45) is 1.79. The molecule has 1 amide bonds. The molecule has 0 aromatic heterocycles. The maximum Gasteiger partial charge on any atom is 0.222 e. The van der Waals surface area contributed by atoms with E-state index in [0.717, 1.165) is 5.56 Å². The SMILES string of the molecule is COc1ccc(CCCC(=O)N2CCS(=O)CC2)cc1F. The largest absolute Gasteiger partial charge is 0.494 e. The third-order valence-corrected chi connectivity index (χ3v) is 4.88. The maximum absolute atomic E-state index is 13.5. The smallest absolute Gasteiger partial charge is 0.222 e. The fourth-order valence-corrected chi connectivity index (χ4v) is 3.41. The molecule has 1 saturated heterocycles. The van der Waals surface area contributed by atoms with Crippen LogP contribution in [0.2, 0.25) is 0 Å². The molecule has 2 rings (SSSR count). The number of carbonyl (C=O) groups excluding carboxylic acids is 1. The van der Waals surface area contributed by atoms with E-state index in [4.69, 9.17) is 4.74 Å². The number of amides is 1. The van der Waals surface area contributed by atoms with E-state index in [0.29, 0.717) is 43.9 Å². The highest BCUT2D eigenvalue weighted by Gasteiger charge is 2.19. The molecule has 0 spiro atoms. The van der Waals surface area contributed by atoms with E-state index in [1.807, 2.05) is 6.07 Å². The topological polar surface area (TPSA) is 46.6 Å². The highest BCUT2D eigenvalue weighted by Crippen LogP contribution is 2.19. The molecule has 116 valence electrons. The summed E-state index contributed by atoms with van der Waals surface area (Å²) >= 11 is 0. The molecule has 0 saturated carbocycles. The molecule has 4 nitrogen and oxygen atoms in total. The molecule has 1 aromatic rings. The average Bonchev–Trinajstić information content (AvgIpc) is 2.48. The first-order valence-electron chi connectivity index (χ1n) is 7.05. The summed E-state index contributed by atoms with van der Waals surface area (Å²) in [6.45, 7) is 1.17. The number of methoxy groups -OCH3 is 1. The van der Waals surface area contributed by atoms with Gasteiger partial charge in [-0.25, -0.2) is 4.39 Å². The summed E-state index contributed by atoms with van der Waals surface area (Å²) in [5.41, 5.74) is 0.862. The van der Waals surface area contributed by atoms with E-state index in [2.05, 4.69) is 0 Å². The van der Waals surface area contributed by atoms with Crippen LogP contribution in [-0.4, -0.2) is 46.7 Å². The molecule has 1 heterocycles. The van der Waals surface area contributed by atoms with Gasteiger partial charge in [-0.2, -0.15) is 0 Å². The van der Waals surface area contributed by atoms with Gasteiger partial charge in [0.15, 0.2) is 11.6 Å². The number of aryl methyl sites for hydroxylation is 1. The number of nitrogens with zero attached hydrogens (tertiary/aromatic N) is 1. The van der Waals surface area contributed by atoms with Crippen molar-refractivity contribution in [2.45, 2.75) is 19.3 Å². The molecule has 1 aliphatic heterocycles. The summed E-state index contributed by atoms with van der Waals surface area (Å²) < 4.78 is 29.6. The lowest BCUT2D eigenvalue weighted by molar-refractivity contribution is -0.130. The van der Waals surface area contributed by atoms with Crippen molar-refractivity contribution in [3.8, 4) is 5.75 Å². The van der Waals surface area contributed by atoms with Crippen LogP contribution in [0, 0.1) is 5.82 Å². The molecule has 1 aromatic carbocycles. The Hall–Kier alpha value is -1.43. The van der Waals surface area contributed by atoms with Crippen LogP contribution in [0.4, 0.5) is 4.39 Å². The van der Waals surface area contributed by atoms with Crippen LogP contribution in [0.25, 0.3) is 0 Å². The standard InChI is InChI=1S/C15H20FNO3S/c1-20-14-6-5-12(11-13(14)16)3-2-4-15(18)17-7-9-21(19)10-8-17/h5-6,11H,2-4,7-10H2,1H3. The predicted octanol–water partition coefficient (Wildman–Crippen LogP) is 1.75. The van der Waals surface area contributed by atoms with Crippen molar-refractivity contribution in [2.75, 3.05) is 31.7 Å². The van der Waals surface area contributed by atoms with Crippen molar-refractivity contribution in [3.05, 3.63) is 29.6 Å². The first-order chi connectivity index (χ1) is 10.1. The summed E-state index contributed by atoms with van der Waals surface area (Å²) in [7, 11) is 0.667. The van der Waals surface area contributed by atoms with Gasteiger partial charge in [0, 0.05) is 41.8 Å². The number of halogens is 1. The van der Waals surface area contributed by atoms with Gasteiger partial charge in [0.2, 0.25) is 5.91 Å². The van der Waals surface area contributed by atoms with Crippen LogP contribution in [0.3, 0.4) is 0 Å². The van der Waals surface area contributed by atoms with Gasteiger partial charge in [0.25, 0.3) is 0 Å². The van der Waals surface area contributed by atoms with Gasteiger partial charge in [0.1, 0.15) is 0 Å². The molecule has 1 aliphatic rings. The molecule has 0 radical (unpaired) electrons. The quantitative estimate of drug-likeness (QED) is 0.832. The third kappa shape index (κ3) is 4.52. The van der Waals surface area contributed by atoms with Crippen LogP contribution in [0.15, 0.2) is 18.2 Å². The van der Waals surface area contributed by atoms with Crippen LogP contribution in [0.5, 0.6) is 5.75 Å². The second kappa shape index (κ2) is 7.54. The van der Waals surface area contributed by atoms with Gasteiger partial charge in [-0.15, -0.1) is 0 Å². The van der Waals surface area contributed by atoms with Crippen molar-refractivity contribution in [1.29, 1.82) is 0 Å². The monoisotopic (exact) mass is 313 g/mol. The zero-order valence-corrected chi connectivity index (χ0v) is 13.0. The molecule has 1 fully saturated rings. The lowest BCUT2D eigenvalue weighted by Gasteiger charge is -2.26. The van der Waals surface area contributed by atoms with E-state index >= 15 is 0 Å². The second-order valence-electron chi connectivity index (χ2n) is 5.05. The average molecular weight is 313 g/mol. The molecular formula is C15H20FNO3S. The zero-order valence-electron chi connectivity index (χ0n) is 12.1. The predicted molar refractivity (Wildman–Crippen MR) is 80.3 cm³/mol. The van der Waals surface area contributed by atoms with E-state index in [-0.39, 0.29) is 17.5 Å². The van der Waals surface area contributed by atoms with E-state index in [1.54, 1.807) is 11.0 Å². The van der Waals surface area contributed by atoms with Crippen molar-refractivity contribution in [3.63, 3.8) is 0 Å². The molecule has 0 bridgehead atoms. The Kier molecular flexibility index (Phi) is 5.73. The first kappa shape index (κ1) is 15.9. The molecule has 6 heteroatoms. The Morgan fingerprint density at radius 2 is 2.10 bits per heavy atom. The lowest BCUT2D eigenvalue weighted by Crippen LogP contribution is -2.41. The molecule has 21 heavy (non-hydrogen) atoms. The van der Waals surface area contributed by atoms with Gasteiger partial charge in [-0.1, -0.05) is 6.07 Å². The van der Waals surface area contributed by atoms with Gasteiger partial charge in [-0.3, -0.25) is 9.00 Å². The second-order valence-corrected chi connectivity index (χ2v) is 6.75. The molecular weight excluding hydrogens is 293 g/mol. The molecule has 0 aliphatic carbocycles. The summed E-state index contributed by atoms with van der Waals surface area (Å²) in [5, 5.41) is 0. The highest BCUT2D eigenvalue weighted by atomic mass is 32.2. The van der Waals surface area contributed by atoms with Crippen LogP contribution < -0.4 is 4.74 Å². The highest BCUT2D eigenvalue weighted by molar-refractivity contribution is 7.85. The minimum absolute atomic E-state index is 0.0979. The maximum atomic E-state index is 13.5. The number of hydrogen-bond donors (Lipinski definition) is 0. The van der Waals surface area contributed by atoms with Gasteiger partial charge in [-0.05, 0) is 30.5 Å². The van der Waals surface area contributed by atoms with Crippen LogP contribution in [0.1, 0.15) is 18.4 Å². The fraction of sp³-hybridized carbons (Fsp3) is 0.533. The Bertz CT molecular complexity index is 526. The minimum Gasteiger partial charge on any atom is -0.494 e. The van der Waals surface area contributed by atoms with E-state index in [1.165, 1.54) is 13.2 Å².